The third-order valence-electron chi connectivity index (χ3n) is 3.03. The number of nitrogens with zero attached hydrogens (tertiary/aromatic N) is 1. The van der Waals surface area contributed by atoms with E-state index in [9.17, 15) is 0 Å². The number of hydrogen-bond acceptors (Lipinski definition) is 2. The largest absolute Gasteiger partial charge is 0.313 e. The zero-order valence-corrected chi connectivity index (χ0v) is 9.34. The fourth-order valence-electron chi connectivity index (χ4n) is 2.02. The van der Waals surface area contributed by atoms with Crippen LogP contribution < -0.4 is 5.32 Å². The van der Waals surface area contributed by atoms with Gasteiger partial charge in [-0.3, -0.25) is 0 Å². The van der Waals surface area contributed by atoms with Crippen LogP contribution in [0.2, 0.25) is 0 Å². The predicted octanol–water partition coefficient (Wildman–Crippen LogP) is 1.72. The Labute approximate surface area is 82.7 Å². The van der Waals surface area contributed by atoms with Crippen LogP contribution in [0.25, 0.3) is 0 Å². The monoisotopic (exact) mass is 184 g/mol. The zero-order chi connectivity index (χ0) is 9.68. The summed E-state index contributed by atoms with van der Waals surface area (Å²) in [5, 5.41) is 3.52. The summed E-state index contributed by atoms with van der Waals surface area (Å²) in [4.78, 5) is 2.60. The second-order valence-electron chi connectivity index (χ2n) is 4.32. The Morgan fingerprint density at radius 1 is 1.46 bits per heavy atom. The van der Waals surface area contributed by atoms with Crippen molar-refractivity contribution >= 4 is 0 Å². The van der Waals surface area contributed by atoms with Gasteiger partial charge in [-0.15, -0.1) is 0 Å². The molecule has 0 bridgehead atoms. The van der Waals surface area contributed by atoms with Gasteiger partial charge in [0.15, 0.2) is 0 Å². The molecule has 0 aromatic rings. The van der Waals surface area contributed by atoms with Crippen molar-refractivity contribution in [2.75, 3.05) is 26.2 Å². The Kier molecular flexibility index (Phi) is 4.74. The van der Waals surface area contributed by atoms with Crippen LogP contribution in [0.5, 0.6) is 0 Å². The maximum absolute atomic E-state index is 3.52. The van der Waals surface area contributed by atoms with Crippen molar-refractivity contribution in [3.05, 3.63) is 0 Å². The van der Waals surface area contributed by atoms with Crippen LogP contribution in [-0.4, -0.2) is 37.1 Å². The molecule has 1 N–H and O–H groups in total. The van der Waals surface area contributed by atoms with Gasteiger partial charge in [-0.25, -0.2) is 0 Å². The van der Waals surface area contributed by atoms with E-state index >= 15 is 0 Å². The van der Waals surface area contributed by atoms with Gasteiger partial charge in [0.2, 0.25) is 0 Å². The average Bonchev–Trinajstić information content (AvgIpc) is 2.53. The molecule has 0 aromatic heterocycles. The normalized spacial score (nSPS) is 26.5. The van der Waals surface area contributed by atoms with E-state index in [-0.39, 0.29) is 0 Å². The molecule has 1 heterocycles. The predicted molar refractivity (Wildman–Crippen MR) is 58.0 cm³/mol. The summed E-state index contributed by atoms with van der Waals surface area (Å²) in [7, 11) is 0. The minimum absolute atomic E-state index is 0.758. The Morgan fingerprint density at radius 3 is 2.85 bits per heavy atom. The first-order valence-electron chi connectivity index (χ1n) is 5.72. The van der Waals surface area contributed by atoms with E-state index in [1.54, 1.807) is 0 Å². The van der Waals surface area contributed by atoms with Crippen LogP contribution in [0.3, 0.4) is 0 Å². The lowest BCUT2D eigenvalue weighted by Gasteiger charge is -2.19. The van der Waals surface area contributed by atoms with Gasteiger partial charge in [-0.2, -0.15) is 0 Å². The molecule has 2 atom stereocenters. The van der Waals surface area contributed by atoms with Gasteiger partial charge >= 0.3 is 0 Å². The summed E-state index contributed by atoms with van der Waals surface area (Å²) < 4.78 is 0. The minimum Gasteiger partial charge on any atom is -0.313 e. The molecule has 0 saturated carbocycles. The van der Waals surface area contributed by atoms with E-state index in [1.165, 1.54) is 32.5 Å². The van der Waals surface area contributed by atoms with Crippen LogP contribution >= 0.6 is 0 Å². The molecular formula is C11H24N2. The van der Waals surface area contributed by atoms with Crippen molar-refractivity contribution in [1.82, 2.24) is 10.2 Å². The highest BCUT2D eigenvalue weighted by Gasteiger charge is 2.21. The molecule has 0 aliphatic carbocycles. The molecule has 13 heavy (non-hydrogen) atoms. The lowest BCUT2D eigenvalue weighted by atomic mass is 10.1. The smallest absolute Gasteiger partial charge is 0.0207 e. The molecule has 2 nitrogen and oxygen atoms in total. The molecule has 0 aromatic carbocycles. The van der Waals surface area contributed by atoms with E-state index in [1.807, 2.05) is 0 Å². The molecule has 0 radical (unpaired) electrons. The van der Waals surface area contributed by atoms with Crippen molar-refractivity contribution in [1.29, 1.82) is 0 Å². The van der Waals surface area contributed by atoms with Crippen molar-refractivity contribution in [3.63, 3.8) is 0 Å². The standard InChI is InChI=1S/C11H24N2/c1-4-10(3)8-13-7-6-11(9-13)12-5-2/h10-12H,4-9H2,1-3H3. The molecule has 1 aliphatic heterocycles. The first-order valence-corrected chi connectivity index (χ1v) is 5.72. The van der Waals surface area contributed by atoms with Gasteiger partial charge < -0.3 is 10.2 Å². The zero-order valence-electron chi connectivity index (χ0n) is 9.34. The fourth-order valence-corrected chi connectivity index (χ4v) is 2.02. The number of hydrogen-bond donors (Lipinski definition) is 1. The van der Waals surface area contributed by atoms with Crippen molar-refractivity contribution in [2.45, 2.75) is 39.7 Å². The van der Waals surface area contributed by atoms with Gasteiger partial charge in [0.1, 0.15) is 0 Å². The topological polar surface area (TPSA) is 15.3 Å². The Bertz CT molecular complexity index is 136. The van der Waals surface area contributed by atoms with E-state index < -0.39 is 0 Å². The van der Waals surface area contributed by atoms with Crippen molar-refractivity contribution < 1.29 is 0 Å². The van der Waals surface area contributed by atoms with Crippen LogP contribution in [0, 0.1) is 5.92 Å². The van der Waals surface area contributed by atoms with Crippen molar-refractivity contribution in [2.24, 2.45) is 5.92 Å². The molecule has 1 aliphatic rings. The summed E-state index contributed by atoms with van der Waals surface area (Å²) in [6.45, 7) is 11.8. The molecule has 78 valence electrons. The lowest BCUT2D eigenvalue weighted by molar-refractivity contribution is 0.277. The molecular weight excluding hydrogens is 160 g/mol. The number of likely N-dealkylation sites (N-methyl/N-ethyl adjacent to an activating group) is 1. The highest BCUT2D eigenvalue weighted by molar-refractivity contribution is 4.80. The van der Waals surface area contributed by atoms with E-state index in [4.69, 9.17) is 0 Å². The highest BCUT2D eigenvalue weighted by Crippen LogP contribution is 2.12. The van der Waals surface area contributed by atoms with Crippen LogP contribution in [0.15, 0.2) is 0 Å². The van der Waals surface area contributed by atoms with E-state index in [2.05, 4.69) is 31.0 Å². The first-order chi connectivity index (χ1) is 6.26. The Morgan fingerprint density at radius 2 is 2.23 bits per heavy atom. The lowest BCUT2D eigenvalue weighted by Crippen LogP contribution is -2.33. The quantitative estimate of drug-likeness (QED) is 0.700. The highest BCUT2D eigenvalue weighted by atomic mass is 15.2. The third-order valence-corrected chi connectivity index (χ3v) is 3.03. The SMILES string of the molecule is CCNC1CCN(CC(C)CC)C1. The summed E-state index contributed by atoms with van der Waals surface area (Å²) in [6, 6.07) is 0.758. The van der Waals surface area contributed by atoms with Gasteiger partial charge in [0.25, 0.3) is 0 Å². The van der Waals surface area contributed by atoms with Crippen molar-refractivity contribution in [3.8, 4) is 0 Å². The van der Waals surface area contributed by atoms with Crippen LogP contribution in [0.4, 0.5) is 0 Å². The maximum atomic E-state index is 3.52. The Hall–Kier alpha value is -0.0800. The second-order valence-corrected chi connectivity index (χ2v) is 4.32. The number of rotatable bonds is 5. The first kappa shape index (κ1) is 11.0. The maximum Gasteiger partial charge on any atom is 0.0207 e. The molecule has 2 heteroatoms. The van der Waals surface area contributed by atoms with E-state index in [0.29, 0.717) is 0 Å². The molecule has 1 fully saturated rings. The number of likely N-dealkylation sites (tertiary alicyclic amines) is 1. The average molecular weight is 184 g/mol. The van der Waals surface area contributed by atoms with Gasteiger partial charge in [-0.05, 0) is 25.4 Å². The van der Waals surface area contributed by atoms with Gasteiger partial charge in [0.05, 0.1) is 0 Å². The van der Waals surface area contributed by atoms with E-state index in [0.717, 1.165) is 18.5 Å². The number of nitrogens with one attached hydrogen (secondary N) is 1. The van der Waals surface area contributed by atoms with Crippen LogP contribution in [-0.2, 0) is 0 Å². The van der Waals surface area contributed by atoms with Gasteiger partial charge in [0, 0.05) is 19.1 Å². The summed E-state index contributed by atoms with van der Waals surface area (Å²) in [6.07, 6.45) is 2.65. The summed E-state index contributed by atoms with van der Waals surface area (Å²) >= 11 is 0. The molecule has 0 spiro atoms. The minimum atomic E-state index is 0.758. The van der Waals surface area contributed by atoms with Gasteiger partial charge in [-0.1, -0.05) is 27.2 Å². The molecule has 1 saturated heterocycles. The fraction of sp³-hybridized carbons (Fsp3) is 1.00. The Balaban J connectivity index is 2.17. The molecule has 1 rings (SSSR count). The summed E-state index contributed by atoms with van der Waals surface area (Å²) in [5.41, 5.74) is 0. The molecule has 0 amide bonds. The second kappa shape index (κ2) is 5.61. The third kappa shape index (κ3) is 3.65. The van der Waals surface area contributed by atoms with Crippen LogP contribution in [0.1, 0.15) is 33.6 Å². The molecule has 2 unspecified atom stereocenters. The summed E-state index contributed by atoms with van der Waals surface area (Å²) in [5.74, 6) is 0.861.